The lowest BCUT2D eigenvalue weighted by molar-refractivity contribution is -0.274. The second-order valence-electron chi connectivity index (χ2n) is 7.01. The lowest BCUT2D eigenvalue weighted by Gasteiger charge is -2.31. The Morgan fingerprint density at radius 2 is 1.77 bits per heavy atom. The predicted molar refractivity (Wildman–Crippen MR) is 104 cm³/mol. The van der Waals surface area contributed by atoms with Crippen LogP contribution in [0.1, 0.15) is 5.56 Å². The van der Waals surface area contributed by atoms with Crippen LogP contribution in [0.4, 0.5) is 29.3 Å². The van der Waals surface area contributed by atoms with Crippen LogP contribution in [0, 0.1) is 0 Å². The molecule has 3 amide bonds. The van der Waals surface area contributed by atoms with Crippen LogP contribution < -0.4 is 14.5 Å². The fourth-order valence-electron chi connectivity index (χ4n) is 3.57. The van der Waals surface area contributed by atoms with Crippen molar-refractivity contribution in [2.45, 2.75) is 12.9 Å². The lowest BCUT2D eigenvalue weighted by Crippen LogP contribution is -2.37. The van der Waals surface area contributed by atoms with Crippen molar-refractivity contribution in [2.75, 3.05) is 42.6 Å². The van der Waals surface area contributed by atoms with Gasteiger partial charge in [-0.25, -0.2) is 9.69 Å². The summed E-state index contributed by atoms with van der Waals surface area (Å²) in [5.74, 6) is -0.893. The predicted octanol–water partition coefficient (Wildman–Crippen LogP) is 2.79. The molecule has 0 spiro atoms. The molecule has 0 unspecified atom stereocenters. The van der Waals surface area contributed by atoms with Crippen LogP contribution in [0.5, 0.6) is 5.75 Å². The third kappa shape index (κ3) is 4.71. The van der Waals surface area contributed by atoms with Gasteiger partial charge in [0.1, 0.15) is 12.3 Å². The number of morpholine rings is 1. The molecule has 0 atom stereocenters. The number of carbonyl (C=O) groups excluding carboxylic acids is 2. The number of carbonyl (C=O) groups is 2. The molecule has 0 bridgehead atoms. The molecule has 0 radical (unpaired) electrons. The van der Waals surface area contributed by atoms with E-state index in [0.717, 1.165) is 28.3 Å². The number of nitrogens with zero attached hydrogens (tertiary/aromatic N) is 4. The number of alkyl halides is 3. The molecule has 2 aliphatic rings. The smallest absolute Gasteiger partial charge is 0.406 e. The molecule has 164 valence electrons. The average molecular weight is 436 g/mol. The number of hydrogen-bond donors (Lipinski definition) is 0. The summed E-state index contributed by atoms with van der Waals surface area (Å²) in [5.41, 5.74) is 1.89. The molecule has 31 heavy (non-hydrogen) atoms. The maximum atomic E-state index is 12.9. The Morgan fingerprint density at radius 1 is 1.06 bits per heavy atom. The molecule has 8 nitrogen and oxygen atoms in total. The molecule has 4 rings (SSSR count). The Hall–Kier alpha value is -3.34. The summed E-state index contributed by atoms with van der Waals surface area (Å²) in [6.07, 6.45) is -1.47. The molecule has 1 aromatic heterocycles. The first-order valence-electron chi connectivity index (χ1n) is 9.55. The normalized spacial score (nSPS) is 17.5. The maximum absolute atomic E-state index is 12.9. The average Bonchev–Trinajstić information content (AvgIpc) is 3.02. The van der Waals surface area contributed by atoms with Gasteiger partial charge in [-0.3, -0.25) is 9.78 Å². The minimum Gasteiger partial charge on any atom is -0.406 e. The van der Waals surface area contributed by atoms with Gasteiger partial charge in [0.2, 0.25) is 0 Å². The van der Waals surface area contributed by atoms with E-state index in [4.69, 9.17) is 4.74 Å². The van der Waals surface area contributed by atoms with Gasteiger partial charge in [-0.05, 0) is 35.9 Å². The van der Waals surface area contributed by atoms with E-state index in [0.29, 0.717) is 26.3 Å². The molecule has 2 fully saturated rings. The van der Waals surface area contributed by atoms with Gasteiger partial charge < -0.3 is 19.3 Å². The van der Waals surface area contributed by atoms with Gasteiger partial charge in [0.05, 0.1) is 37.3 Å². The summed E-state index contributed by atoms with van der Waals surface area (Å²) in [7, 11) is 0. The standard InChI is InChI=1S/C20H19F3N4O4/c21-20(22,23)31-16-3-1-15(2-4-16)27-18(28)13-26(19(27)29)12-14-5-6-24-11-17(14)25-7-9-30-10-8-25/h1-6,11H,7-10,12-13H2. The molecule has 2 aromatic rings. The largest absolute Gasteiger partial charge is 0.573 e. The number of anilines is 2. The van der Waals surface area contributed by atoms with Crippen molar-refractivity contribution < 1.29 is 32.2 Å². The highest BCUT2D eigenvalue weighted by Gasteiger charge is 2.38. The Labute approximate surface area is 175 Å². The van der Waals surface area contributed by atoms with Gasteiger partial charge in [0.25, 0.3) is 5.91 Å². The quantitative estimate of drug-likeness (QED) is 0.671. The Morgan fingerprint density at radius 3 is 2.45 bits per heavy atom. The molecule has 0 N–H and O–H groups in total. The van der Waals surface area contributed by atoms with Gasteiger partial charge in [-0.1, -0.05) is 0 Å². The first-order chi connectivity index (χ1) is 14.8. The van der Waals surface area contributed by atoms with E-state index >= 15 is 0 Å². The zero-order valence-corrected chi connectivity index (χ0v) is 16.3. The third-order valence-corrected chi connectivity index (χ3v) is 4.97. The SMILES string of the molecule is O=C1CN(Cc2ccncc2N2CCOCC2)C(=O)N1c1ccc(OC(F)(F)F)cc1. The number of amides is 3. The molecule has 1 aromatic carbocycles. The number of aromatic nitrogens is 1. The summed E-state index contributed by atoms with van der Waals surface area (Å²) in [6.45, 7) is 2.65. The van der Waals surface area contributed by atoms with Crippen LogP contribution in [0.15, 0.2) is 42.7 Å². The number of benzene rings is 1. The second kappa shape index (κ2) is 8.42. The summed E-state index contributed by atoms with van der Waals surface area (Å²) >= 11 is 0. The van der Waals surface area contributed by atoms with Crippen LogP contribution in [-0.4, -0.2) is 61.0 Å². The van der Waals surface area contributed by atoms with Gasteiger partial charge >= 0.3 is 12.4 Å². The molecular weight excluding hydrogens is 417 g/mol. The van der Waals surface area contributed by atoms with Crippen molar-refractivity contribution in [1.82, 2.24) is 9.88 Å². The highest BCUT2D eigenvalue weighted by molar-refractivity contribution is 6.19. The minimum atomic E-state index is -4.82. The van der Waals surface area contributed by atoms with E-state index in [1.54, 1.807) is 18.5 Å². The summed E-state index contributed by atoms with van der Waals surface area (Å²) < 4.78 is 46.2. The molecule has 0 aliphatic carbocycles. The monoisotopic (exact) mass is 436 g/mol. The van der Waals surface area contributed by atoms with Gasteiger partial charge in [-0.2, -0.15) is 0 Å². The van der Waals surface area contributed by atoms with Crippen molar-refractivity contribution in [3.05, 3.63) is 48.3 Å². The fraction of sp³-hybridized carbons (Fsp3) is 0.350. The molecule has 0 saturated carbocycles. The fourth-order valence-corrected chi connectivity index (χ4v) is 3.57. The molecule has 2 saturated heterocycles. The number of pyridine rings is 1. The van der Waals surface area contributed by atoms with Crippen LogP contribution in [0.25, 0.3) is 0 Å². The first kappa shape index (κ1) is 20.9. The maximum Gasteiger partial charge on any atom is 0.573 e. The van der Waals surface area contributed by atoms with E-state index in [2.05, 4.69) is 14.6 Å². The highest BCUT2D eigenvalue weighted by atomic mass is 19.4. The topological polar surface area (TPSA) is 75.2 Å². The highest BCUT2D eigenvalue weighted by Crippen LogP contribution is 2.29. The van der Waals surface area contributed by atoms with Crippen LogP contribution >= 0.6 is 0 Å². The van der Waals surface area contributed by atoms with Gasteiger partial charge in [0, 0.05) is 19.3 Å². The molecular formula is C20H19F3N4O4. The number of hydrogen-bond acceptors (Lipinski definition) is 6. The molecule has 11 heteroatoms. The molecule has 2 aliphatic heterocycles. The van der Waals surface area contributed by atoms with Crippen LogP contribution in [0.3, 0.4) is 0 Å². The Bertz CT molecular complexity index is 962. The number of urea groups is 1. The zero-order chi connectivity index (χ0) is 22.0. The van der Waals surface area contributed by atoms with Gasteiger partial charge in [-0.15, -0.1) is 13.2 Å². The van der Waals surface area contributed by atoms with E-state index in [1.807, 2.05) is 0 Å². The van der Waals surface area contributed by atoms with E-state index in [9.17, 15) is 22.8 Å². The van der Waals surface area contributed by atoms with Crippen molar-refractivity contribution in [3.63, 3.8) is 0 Å². The van der Waals surface area contributed by atoms with Crippen molar-refractivity contribution in [3.8, 4) is 5.75 Å². The van der Waals surface area contributed by atoms with E-state index < -0.39 is 24.1 Å². The lowest BCUT2D eigenvalue weighted by atomic mass is 10.2. The number of halogens is 3. The first-order valence-corrected chi connectivity index (χ1v) is 9.55. The number of imide groups is 1. The number of ether oxygens (including phenoxy) is 2. The van der Waals surface area contributed by atoms with E-state index in [1.165, 1.54) is 17.0 Å². The summed E-state index contributed by atoms with van der Waals surface area (Å²) in [5, 5.41) is 0. The van der Waals surface area contributed by atoms with E-state index in [-0.39, 0.29) is 18.8 Å². The van der Waals surface area contributed by atoms with Crippen molar-refractivity contribution in [1.29, 1.82) is 0 Å². The van der Waals surface area contributed by atoms with Gasteiger partial charge in [0.15, 0.2) is 0 Å². The zero-order valence-electron chi connectivity index (χ0n) is 16.3. The molecule has 3 heterocycles. The minimum absolute atomic E-state index is 0.134. The Kier molecular flexibility index (Phi) is 5.68. The Balaban J connectivity index is 1.49. The summed E-state index contributed by atoms with van der Waals surface area (Å²) in [6, 6.07) is 5.86. The summed E-state index contributed by atoms with van der Waals surface area (Å²) in [4.78, 5) is 34.0. The van der Waals surface area contributed by atoms with Crippen LogP contribution in [-0.2, 0) is 16.1 Å². The number of rotatable bonds is 5. The van der Waals surface area contributed by atoms with Crippen molar-refractivity contribution in [2.24, 2.45) is 0 Å². The third-order valence-electron chi connectivity index (χ3n) is 4.97. The second-order valence-corrected chi connectivity index (χ2v) is 7.01. The van der Waals surface area contributed by atoms with Crippen LogP contribution in [0.2, 0.25) is 0 Å². The van der Waals surface area contributed by atoms with Crippen molar-refractivity contribution >= 4 is 23.3 Å².